The maximum atomic E-state index is 14.3. The number of hydrogen-bond donors (Lipinski definition) is 0. The zero-order valence-electron chi connectivity index (χ0n) is 25.9. The first-order chi connectivity index (χ1) is 21.5. The number of hydrogen-bond acceptors (Lipinski definition) is 2. The molecule has 0 N–H and O–H groups in total. The van der Waals surface area contributed by atoms with Gasteiger partial charge in [-0.15, -0.1) is 0 Å². The van der Waals surface area contributed by atoms with Crippen LogP contribution in [0.2, 0.25) is 0 Å². The Labute approximate surface area is 263 Å². The smallest absolute Gasteiger partial charge is 0.127 e. The molecule has 0 aliphatic rings. The third-order valence-electron chi connectivity index (χ3n) is 7.98. The van der Waals surface area contributed by atoms with E-state index in [4.69, 9.17) is 4.74 Å². The minimum Gasteiger partial charge on any atom is -0.488 e. The lowest BCUT2D eigenvalue weighted by atomic mass is 9.87. The molecule has 5 aromatic carbocycles. The number of aliphatic imine (C=N–C) groups is 1. The molecule has 0 fully saturated rings. The second kappa shape index (κ2) is 15.1. The van der Waals surface area contributed by atoms with Crippen molar-refractivity contribution in [2.75, 3.05) is 7.05 Å². The number of nitrogens with zero attached hydrogens (tertiary/aromatic N) is 1. The third-order valence-corrected chi connectivity index (χ3v) is 9.77. The average molecular weight is 602 g/mol. The van der Waals surface area contributed by atoms with Crippen LogP contribution in [0.25, 0.3) is 0 Å². The van der Waals surface area contributed by atoms with Gasteiger partial charge in [0, 0.05) is 36.0 Å². The lowest BCUT2D eigenvalue weighted by Crippen LogP contribution is -2.23. The minimum absolute atomic E-state index is 0.243. The molecule has 0 saturated carbocycles. The maximum absolute atomic E-state index is 14.3. The molecule has 0 aliphatic heterocycles. The van der Waals surface area contributed by atoms with Crippen molar-refractivity contribution in [3.63, 3.8) is 0 Å². The molecule has 0 saturated heterocycles. The summed E-state index contributed by atoms with van der Waals surface area (Å²) in [7, 11) is 2.13. The van der Waals surface area contributed by atoms with Crippen molar-refractivity contribution < 1.29 is 9.13 Å². The van der Waals surface area contributed by atoms with E-state index in [0.717, 1.165) is 47.9 Å². The highest BCUT2D eigenvalue weighted by Gasteiger charge is 2.32. The molecule has 2 atom stereocenters. The quantitative estimate of drug-likeness (QED) is 0.0973. The Balaban J connectivity index is 1.68. The monoisotopic (exact) mass is 601 g/mol. The van der Waals surface area contributed by atoms with Gasteiger partial charge in [-0.1, -0.05) is 138 Å². The lowest BCUT2D eigenvalue weighted by Gasteiger charge is -2.34. The normalized spacial score (nSPS) is 13.0. The van der Waals surface area contributed by atoms with Crippen LogP contribution in [0.15, 0.2) is 126 Å². The summed E-state index contributed by atoms with van der Waals surface area (Å²) < 4.78 is 21.2. The van der Waals surface area contributed by atoms with Crippen molar-refractivity contribution >= 4 is 20.1 Å². The highest BCUT2D eigenvalue weighted by Crippen LogP contribution is 2.50. The first-order valence-electron chi connectivity index (χ1n) is 15.4. The second-order valence-corrected chi connectivity index (χ2v) is 13.4. The minimum atomic E-state index is -0.243. The molecule has 0 bridgehead atoms. The van der Waals surface area contributed by atoms with E-state index in [1.807, 2.05) is 12.1 Å². The summed E-state index contributed by atoms with van der Waals surface area (Å²) in [5.74, 6) is 0.721. The van der Waals surface area contributed by atoms with Gasteiger partial charge in [0.05, 0.1) is 0 Å². The first kappa shape index (κ1) is 31.4. The van der Waals surface area contributed by atoms with E-state index in [0.29, 0.717) is 15.2 Å². The molecule has 0 radical (unpaired) electrons. The van der Waals surface area contributed by atoms with E-state index in [2.05, 4.69) is 116 Å². The fraction of sp³-hybridized carbons (Fsp3) is 0.225. The molecular weight excluding hydrogens is 560 g/mol. The summed E-state index contributed by atoms with van der Waals surface area (Å²) in [6, 6.07) is 41.5. The van der Waals surface area contributed by atoms with E-state index < -0.39 is 0 Å². The van der Waals surface area contributed by atoms with Crippen LogP contribution < -0.4 is 10.0 Å². The highest BCUT2D eigenvalue weighted by molar-refractivity contribution is 7.48. The largest absolute Gasteiger partial charge is 0.488 e. The van der Waals surface area contributed by atoms with Crippen LogP contribution in [0.1, 0.15) is 65.6 Å². The van der Waals surface area contributed by atoms with Crippen LogP contribution in [-0.4, -0.2) is 13.3 Å². The predicted molar refractivity (Wildman–Crippen MR) is 186 cm³/mol. The summed E-state index contributed by atoms with van der Waals surface area (Å²) in [4.78, 5) is 4.25. The number of benzene rings is 5. The maximum Gasteiger partial charge on any atom is 0.127 e. The molecule has 44 heavy (non-hydrogen) atoms. The predicted octanol–water partition coefficient (Wildman–Crippen LogP) is 9.65. The van der Waals surface area contributed by atoms with Crippen molar-refractivity contribution in [1.29, 1.82) is 0 Å². The fourth-order valence-electron chi connectivity index (χ4n) is 5.90. The average Bonchev–Trinajstić information content (AvgIpc) is 3.03. The Morgan fingerprint density at radius 3 is 1.98 bits per heavy atom. The van der Waals surface area contributed by atoms with Gasteiger partial charge in [-0.3, -0.25) is 4.99 Å². The molecule has 4 heteroatoms. The molecular formula is C40H41FNOP. The third kappa shape index (κ3) is 8.10. The van der Waals surface area contributed by atoms with E-state index in [9.17, 15) is 4.39 Å². The summed E-state index contributed by atoms with van der Waals surface area (Å²) in [5.41, 5.74) is 8.18. The molecule has 0 heterocycles. The Kier molecular flexibility index (Phi) is 10.8. The van der Waals surface area contributed by atoms with Crippen molar-refractivity contribution in [3.8, 4) is 5.75 Å². The molecule has 0 spiro atoms. The van der Waals surface area contributed by atoms with Gasteiger partial charge in [-0.25, -0.2) is 4.39 Å². The second-order valence-electron chi connectivity index (χ2n) is 11.6. The number of ether oxygens (including phenoxy) is 1. The van der Waals surface area contributed by atoms with Crippen molar-refractivity contribution in [1.82, 2.24) is 0 Å². The summed E-state index contributed by atoms with van der Waals surface area (Å²) in [5, 5.41) is 0.868. The standard InChI is InChI=1S/C40H41FNOP/c1-4-22-40(2,44-38-21-20-36(41)27-35(38)28-42-3)37-26-33(23-30-14-8-5-9-15-30)25-34(24-31-16-10-6-11-17-31)39(37)43-29-32-18-12-7-13-19-32/h5-21,25-28,44H,4,22-24,29H2,1-3H3/b42-28+. The molecule has 224 valence electrons. The van der Waals surface area contributed by atoms with E-state index in [1.165, 1.54) is 27.8 Å². The molecule has 0 aliphatic carbocycles. The fourth-order valence-corrected chi connectivity index (χ4v) is 7.64. The van der Waals surface area contributed by atoms with E-state index in [-0.39, 0.29) is 11.0 Å². The van der Waals surface area contributed by atoms with Gasteiger partial charge >= 0.3 is 0 Å². The molecule has 2 unspecified atom stereocenters. The number of rotatable bonds is 13. The summed E-state index contributed by atoms with van der Waals surface area (Å²) in [6.45, 7) is 5.09. The van der Waals surface area contributed by atoms with Crippen LogP contribution >= 0.6 is 8.58 Å². The van der Waals surface area contributed by atoms with Gasteiger partial charge in [-0.05, 0) is 58.1 Å². The summed E-state index contributed by atoms with van der Waals surface area (Å²) >= 11 is 0. The van der Waals surface area contributed by atoms with Crippen molar-refractivity contribution in [3.05, 3.63) is 166 Å². The van der Waals surface area contributed by atoms with Crippen molar-refractivity contribution in [2.45, 2.75) is 51.3 Å². The van der Waals surface area contributed by atoms with Crippen LogP contribution in [0.5, 0.6) is 5.75 Å². The van der Waals surface area contributed by atoms with E-state index in [1.54, 1.807) is 25.4 Å². The SMILES string of the molecule is CCCC(C)(Pc1ccc(F)cc1/C=N/C)c1cc(Cc2ccccc2)cc(Cc2ccccc2)c1OCc1ccccc1. The van der Waals surface area contributed by atoms with Crippen LogP contribution in [0.3, 0.4) is 0 Å². The van der Waals surface area contributed by atoms with Gasteiger partial charge in [0.25, 0.3) is 0 Å². The van der Waals surface area contributed by atoms with Crippen LogP contribution in [0.4, 0.5) is 4.39 Å². The van der Waals surface area contributed by atoms with Gasteiger partial charge in [0.2, 0.25) is 0 Å². The molecule has 5 aromatic rings. The topological polar surface area (TPSA) is 21.6 Å². The molecule has 0 amide bonds. The van der Waals surface area contributed by atoms with Crippen LogP contribution in [-0.2, 0) is 24.6 Å². The number of halogens is 1. The van der Waals surface area contributed by atoms with Gasteiger partial charge in [-0.2, -0.15) is 0 Å². The highest BCUT2D eigenvalue weighted by atomic mass is 31.1. The Bertz CT molecular complexity index is 1670. The first-order valence-corrected chi connectivity index (χ1v) is 16.4. The molecule has 0 aromatic heterocycles. The Hall–Kier alpha value is -4.07. The molecule has 5 rings (SSSR count). The van der Waals surface area contributed by atoms with E-state index >= 15 is 0 Å². The van der Waals surface area contributed by atoms with Gasteiger partial charge in [0.1, 0.15) is 18.2 Å². The Morgan fingerprint density at radius 2 is 1.36 bits per heavy atom. The van der Waals surface area contributed by atoms with Crippen molar-refractivity contribution in [2.24, 2.45) is 4.99 Å². The zero-order chi connectivity index (χ0) is 30.8. The lowest BCUT2D eigenvalue weighted by molar-refractivity contribution is 0.296. The molecule has 2 nitrogen and oxygen atoms in total. The zero-order valence-corrected chi connectivity index (χ0v) is 26.9. The summed E-state index contributed by atoms with van der Waals surface area (Å²) in [6.07, 6.45) is 5.36. The van der Waals surface area contributed by atoms with Gasteiger partial charge < -0.3 is 4.74 Å². The van der Waals surface area contributed by atoms with Gasteiger partial charge in [0.15, 0.2) is 0 Å². The Morgan fingerprint density at radius 1 is 0.750 bits per heavy atom. The van der Waals surface area contributed by atoms with Crippen LogP contribution in [0, 0.1) is 5.82 Å².